The molecule has 0 bridgehead atoms. The van der Waals surface area contributed by atoms with Crippen LogP contribution in [0.1, 0.15) is 56.7 Å². The third-order valence-electron chi connectivity index (χ3n) is 4.56. The molecule has 0 amide bonds. The molecule has 2 unspecified atom stereocenters. The van der Waals surface area contributed by atoms with E-state index < -0.39 is 0 Å². The molecule has 2 atom stereocenters. The minimum absolute atomic E-state index is 0.468. The highest BCUT2D eigenvalue weighted by atomic mass is 16.5. The van der Waals surface area contributed by atoms with Gasteiger partial charge >= 0.3 is 0 Å². The van der Waals surface area contributed by atoms with Crippen LogP contribution in [0.2, 0.25) is 0 Å². The lowest BCUT2D eigenvalue weighted by Crippen LogP contribution is -2.46. The second-order valence-electron chi connectivity index (χ2n) is 5.98. The number of rotatable bonds is 5. The predicted octanol–water partition coefficient (Wildman–Crippen LogP) is 1.90. The van der Waals surface area contributed by atoms with Gasteiger partial charge in [0.15, 0.2) is 5.82 Å². The highest BCUT2D eigenvalue weighted by molar-refractivity contribution is 5.03. The summed E-state index contributed by atoms with van der Waals surface area (Å²) in [6.45, 7) is 4.85. The largest absolute Gasteiger partial charge is 0.338 e. The van der Waals surface area contributed by atoms with Gasteiger partial charge in [-0.1, -0.05) is 18.5 Å². The Morgan fingerprint density at radius 3 is 2.89 bits per heavy atom. The molecule has 2 heterocycles. The third kappa shape index (κ3) is 2.98. The maximum atomic E-state index is 5.92. The molecule has 2 aliphatic rings. The van der Waals surface area contributed by atoms with E-state index in [4.69, 9.17) is 10.3 Å². The van der Waals surface area contributed by atoms with Crippen LogP contribution in [0.25, 0.3) is 0 Å². The number of nitrogens with zero attached hydrogens (tertiary/aromatic N) is 3. The summed E-state index contributed by atoms with van der Waals surface area (Å²) < 4.78 is 5.37. The molecule has 19 heavy (non-hydrogen) atoms. The first kappa shape index (κ1) is 13.1. The van der Waals surface area contributed by atoms with Gasteiger partial charge in [-0.15, -0.1) is 0 Å². The molecule has 1 aromatic heterocycles. The fourth-order valence-corrected chi connectivity index (χ4v) is 3.02. The highest BCUT2D eigenvalue weighted by Gasteiger charge is 2.31. The Hall–Kier alpha value is -0.940. The number of aromatic nitrogens is 2. The molecule has 5 nitrogen and oxygen atoms in total. The maximum absolute atomic E-state index is 5.92. The molecule has 0 spiro atoms. The minimum atomic E-state index is 0.468. The van der Waals surface area contributed by atoms with Crippen molar-refractivity contribution in [3.63, 3.8) is 0 Å². The van der Waals surface area contributed by atoms with E-state index in [1.807, 2.05) is 0 Å². The fraction of sp³-hybridized carbons (Fsp3) is 0.857. The SMILES string of the molecule is CCC1CCN(Cc2nc(C3CC3)no2)C(CN)C1. The summed E-state index contributed by atoms with van der Waals surface area (Å²) in [4.78, 5) is 6.93. The molecule has 1 saturated heterocycles. The van der Waals surface area contributed by atoms with Crippen LogP contribution in [-0.4, -0.2) is 34.2 Å². The van der Waals surface area contributed by atoms with Crippen molar-refractivity contribution in [1.29, 1.82) is 0 Å². The number of piperidine rings is 1. The van der Waals surface area contributed by atoms with E-state index in [-0.39, 0.29) is 0 Å². The predicted molar refractivity (Wildman–Crippen MR) is 72.5 cm³/mol. The summed E-state index contributed by atoms with van der Waals surface area (Å²) in [5.41, 5.74) is 5.92. The fourth-order valence-electron chi connectivity index (χ4n) is 3.02. The smallest absolute Gasteiger partial charge is 0.240 e. The van der Waals surface area contributed by atoms with Crippen molar-refractivity contribution in [2.75, 3.05) is 13.1 Å². The second-order valence-corrected chi connectivity index (χ2v) is 5.98. The van der Waals surface area contributed by atoms with Crippen molar-refractivity contribution in [3.8, 4) is 0 Å². The van der Waals surface area contributed by atoms with Crippen molar-refractivity contribution in [2.45, 2.75) is 57.5 Å². The van der Waals surface area contributed by atoms with Gasteiger partial charge in [0.05, 0.1) is 6.54 Å². The molecule has 1 aliphatic carbocycles. The lowest BCUT2D eigenvalue weighted by atomic mass is 9.89. The quantitative estimate of drug-likeness (QED) is 0.879. The van der Waals surface area contributed by atoms with Crippen LogP contribution in [0.15, 0.2) is 4.52 Å². The van der Waals surface area contributed by atoms with Gasteiger partial charge in [0.1, 0.15) is 0 Å². The Morgan fingerprint density at radius 1 is 1.37 bits per heavy atom. The molecule has 1 aromatic rings. The van der Waals surface area contributed by atoms with Gasteiger partial charge in [-0.25, -0.2) is 0 Å². The first-order chi connectivity index (χ1) is 9.30. The Morgan fingerprint density at radius 2 is 2.21 bits per heavy atom. The molecule has 0 aromatic carbocycles. The van der Waals surface area contributed by atoms with E-state index in [2.05, 4.69) is 22.0 Å². The van der Waals surface area contributed by atoms with Crippen molar-refractivity contribution in [3.05, 3.63) is 11.7 Å². The zero-order valence-electron chi connectivity index (χ0n) is 11.7. The maximum Gasteiger partial charge on any atom is 0.240 e. The molecule has 2 N–H and O–H groups in total. The average molecular weight is 264 g/mol. The normalized spacial score (nSPS) is 28.7. The third-order valence-corrected chi connectivity index (χ3v) is 4.56. The molecule has 2 fully saturated rings. The van der Waals surface area contributed by atoms with E-state index >= 15 is 0 Å². The zero-order valence-corrected chi connectivity index (χ0v) is 11.7. The van der Waals surface area contributed by atoms with Crippen LogP contribution in [0.3, 0.4) is 0 Å². The van der Waals surface area contributed by atoms with Gasteiger partial charge in [0.2, 0.25) is 5.89 Å². The summed E-state index contributed by atoms with van der Waals surface area (Å²) >= 11 is 0. The van der Waals surface area contributed by atoms with Crippen molar-refractivity contribution in [1.82, 2.24) is 15.0 Å². The van der Waals surface area contributed by atoms with Crippen molar-refractivity contribution >= 4 is 0 Å². The Bertz CT molecular complexity index is 415. The van der Waals surface area contributed by atoms with Gasteiger partial charge in [-0.2, -0.15) is 4.98 Å². The van der Waals surface area contributed by atoms with Crippen LogP contribution in [-0.2, 0) is 6.54 Å². The summed E-state index contributed by atoms with van der Waals surface area (Å²) in [5.74, 6) is 3.06. The van der Waals surface area contributed by atoms with Gasteiger partial charge in [0, 0.05) is 18.5 Å². The summed E-state index contributed by atoms with van der Waals surface area (Å²) in [7, 11) is 0. The van der Waals surface area contributed by atoms with Gasteiger partial charge in [-0.05, 0) is 38.1 Å². The number of hydrogen-bond acceptors (Lipinski definition) is 5. The summed E-state index contributed by atoms with van der Waals surface area (Å²) in [6.07, 6.45) is 6.16. The molecule has 0 radical (unpaired) electrons. The van der Waals surface area contributed by atoms with E-state index in [0.29, 0.717) is 12.0 Å². The lowest BCUT2D eigenvalue weighted by Gasteiger charge is -2.37. The monoisotopic (exact) mass is 264 g/mol. The van der Waals surface area contributed by atoms with E-state index in [9.17, 15) is 0 Å². The Kier molecular flexibility index (Phi) is 3.84. The molecule has 5 heteroatoms. The number of likely N-dealkylation sites (tertiary alicyclic amines) is 1. The summed E-state index contributed by atoms with van der Waals surface area (Å²) in [6, 6.07) is 0.468. The van der Waals surface area contributed by atoms with Crippen molar-refractivity contribution < 1.29 is 4.52 Å². The molecular formula is C14H24N4O. The van der Waals surface area contributed by atoms with Gasteiger partial charge < -0.3 is 10.3 Å². The first-order valence-corrected chi connectivity index (χ1v) is 7.56. The first-order valence-electron chi connectivity index (χ1n) is 7.56. The number of hydrogen-bond donors (Lipinski definition) is 1. The average Bonchev–Trinajstić information content (AvgIpc) is 3.20. The van der Waals surface area contributed by atoms with Gasteiger partial charge in [-0.3, -0.25) is 4.90 Å². The standard InChI is InChI=1S/C14H24N4O/c1-2-10-5-6-18(12(7-10)8-15)9-13-16-14(17-19-13)11-3-4-11/h10-12H,2-9,15H2,1H3. The molecule has 106 valence electrons. The Labute approximate surface area is 114 Å². The second kappa shape index (κ2) is 5.59. The highest BCUT2D eigenvalue weighted by Crippen LogP contribution is 2.38. The van der Waals surface area contributed by atoms with Crippen LogP contribution in [0, 0.1) is 5.92 Å². The van der Waals surface area contributed by atoms with Crippen LogP contribution >= 0.6 is 0 Å². The van der Waals surface area contributed by atoms with E-state index in [1.54, 1.807) is 0 Å². The summed E-state index contributed by atoms with van der Waals surface area (Å²) in [5, 5.41) is 4.08. The Balaban J connectivity index is 1.60. The topological polar surface area (TPSA) is 68.2 Å². The van der Waals surface area contributed by atoms with Crippen molar-refractivity contribution in [2.24, 2.45) is 11.7 Å². The molecule has 1 aliphatic heterocycles. The van der Waals surface area contributed by atoms with E-state index in [0.717, 1.165) is 37.3 Å². The lowest BCUT2D eigenvalue weighted by molar-refractivity contribution is 0.0953. The number of nitrogens with two attached hydrogens (primary N) is 1. The molecule has 1 saturated carbocycles. The van der Waals surface area contributed by atoms with Gasteiger partial charge in [0.25, 0.3) is 0 Å². The van der Waals surface area contributed by atoms with Crippen LogP contribution < -0.4 is 5.73 Å². The van der Waals surface area contributed by atoms with Crippen LogP contribution in [0.5, 0.6) is 0 Å². The minimum Gasteiger partial charge on any atom is -0.338 e. The zero-order chi connectivity index (χ0) is 13.2. The molecule has 3 rings (SSSR count). The van der Waals surface area contributed by atoms with Crippen LogP contribution in [0.4, 0.5) is 0 Å². The molecular weight excluding hydrogens is 240 g/mol. The van der Waals surface area contributed by atoms with E-state index in [1.165, 1.54) is 32.1 Å².